The topological polar surface area (TPSA) is 95.1 Å². The number of benzene rings is 5. The summed E-state index contributed by atoms with van der Waals surface area (Å²) in [5.74, 6) is 1.65. The second-order valence-electron chi connectivity index (χ2n) is 9.10. The molecule has 0 bridgehead atoms. The molecule has 0 aromatic heterocycles. The van der Waals surface area contributed by atoms with E-state index in [2.05, 4.69) is 47.4 Å². The van der Waals surface area contributed by atoms with Crippen LogP contribution in [0.15, 0.2) is 146 Å². The second kappa shape index (κ2) is 19.0. The van der Waals surface area contributed by atoms with Gasteiger partial charge in [0.15, 0.2) is 0 Å². The van der Waals surface area contributed by atoms with Gasteiger partial charge in [0.05, 0.1) is 0 Å². The SMILES string of the molecule is C.II.O=P(NCc1cccc(CNP(=O)(Oc2ccccc2)Oc2ccccc2)c1)(Oc1ccccc1)Oc1ccccc1. The minimum atomic E-state index is -3.81. The molecule has 0 aliphatic carbocycles. The van der Waals surface area contributed by atoms with E-state index in [0.717, 1.165) is 11.1 Å². The first-order chi connectivity index (χ1) is 21.5. The Hall–Kier alpha value is -2.86. The van der Waals surface area contributed by atoms with Crippen molar-refractivity contribution < 1.29 is 27.2 Å². The lowest BCUT2D eigenvalue weighted by atomic mass is 10.1. The number of nitrogens with one attached hydrogen (secondary N) is 2. The monoisotopic (exact) mass is 870 g/mol. The summed E-state index contributed by atoms with van der Waals surface area (Å²) in [5, 5.41) is 5.92. The number of hydrogen-bond donors (Lipinski definition) is 2. The van der Waals surface area contributed by atoms with E-state index in [0.29, 0.717) is 23.0 Å². The van der Waals surface area contributed by atoms with Crippen LogP contribution in [-0.4, -0.2) is 0 Å². The highest BCUT2D eigenvalue weighted by Gasteiger charge is 2.29. The first-order valence-electron chi connectivity index (χ1n) is 13.4. The Morgan fingerprint density at radius 3 is 0.978 bits per heavy atom. The van der Waals surface area contributed by atoms with Gasteiger partial charge in [-0.2, -0.15) is 10.2 Å². The van der Waals surface area contributed by atoms with E-state index in [-0.39, 0.29) is 20.5 Å². The van der Waals surface area contributed by atoms with Crippen LogP contribution in [0.4, 0.5) is 0 Å². The molecule has 12 heteroatoms. The number of hydrogen-bond acceptors (Lipinski definition) is 6. The Balaban J connectivity index is 0.00000180. The van der Waals surface area contributed by atoms with Crippen molar-refractivity contribution in [2.24, 2.45) is 0 Å². The third kappa shape index (κ3) is 12.5. The molecule has 0 amide bonds. The lowest BCUT2D eigenvalue weighted by molar-refractivity contribution is 0.369. The van der Waals surface area contributed by atoms with Gasteiger partial charge in [-0.1, -0.05) is 104 Å². The van der Waals surface area contributed by atoms with E-state index >= 15 is 0 Å². The van der Waals surface area contributed by atoms with E-state index in [1.165, 1.54) is 0 Å². The minimum Gasteiger partial charge on any atom is -0.405 e. The summed E-state index contributed by atoms with van der Waals surface area (Å²) in [6.07, 6.45) is 0. The van der Waals surface area contributed by atoms with Crippen molar-refractivity contribution in [2.45, 2.75) is 20.5 Å². The number of para-hydroxylation sites is 4. The van der Waals surface area contributed by atoms with Gasteiger partial charge in [0.2, 0.25) is 0 Å². The van der Waals surface area contributed by atoms with Crippen LogP contribution < -0.4 is 28.3 Å². The zero-order valence-corrected chi connectivity index (χ0v) is 29.5. The Morgan fingerprint density at radius 2 is 0.711 bits per heavy atom. The third-order valence-corrected chi connectivity index (χ3v) is 8.72. The minimum absolute atomic E-state index is 0. The van der Waals surface area contributed by atoms with E-state index in [1.54, 1.807) is 97.1 Å². The molecule has 236 valence electrons. The van der Waals surface area contributed by atoms with Gasteiger partial charge < -0.3 is 18.1 Å². The largest absolute Gasteiger partial charge is 0.513 e. The van der Waals surface area contributed by atoms with Crippen LogP contribution in [-0.2, 0) is 22.2 Å². The molecule has 0 fully saturated rings. The summed E-state index contributed by atoms with van der Waals surface area (Å²) in [4.78, 5) is 0. The molecule has 0 atom stereocenters. The fourth-order valence-corrected chi connectivity index (χ4v) is 6.55. The molecule has 0 aliphatic rings. The molecule has 0 heterocycles. The molecule has 8 nitrogen and oxygen atoms in total. The Labute approximate surface area is 288 Å². The Morgan fingerprint density at radius 1 is 0.444 bits per heavy atom. The van der Waals surface area contributed by atoms with Gasteiger partial charge >= 0.3 is 15.5 Å². The summed E-state index contributed by atoms with van der Waals surface area (Å²) < 4.78 is 50.8. The number of rotatable bonds is 14. The van der Waals surface area contributed by atoms with Crippen LogP contribution in [0.25, 0.3) is 0 Å². The average Bonchev–Trinajstić information content (AvgIpc) is 3.06. The highest BCUT2D eigenvalue weighted by molar-refractivity contribution is 15.0. The lowest BCUT2D eigenvalue weighted by Crippen LogP contribution is -2.20. The summed E-state index contributed by atoms with van der Waals surface area (Å²) in [6, 6.07) is 42.9. The molecule has 2 N–H and O–H groups in total. The molecule has 0 saturated heterocycles. The maximum Gasteiger partial charge on any atom is 0.513 e. The lowest BCUT2D eigenvalue weighted by Gasteiger charge is -2.21. The van der Waals surface area contributed by atoms with Gasteiger partial charge in [-0.3, -0.25) is 0 Å². The maximum absolute atomic E-state index is 13.8. The predicted octanol–water partition coefficient (Wildman–Crippen LogP) is 10.8. The van der Waals surface area contributed by atoms with Gasteiger partial charge in [0, 0.05) is 50.3 Å². The van der Waals surface area contributed by atoms with Crippen molar-refractivity contribution in [1.82, 2.24) is 10.2 Å². The smallest absolute Gasteiger partial charge is 0.405 e. The molecule has 5 rings (SSSR count). The molecule has 0 radical (unpaired) electrons. The van der Waals surface area contributed by atoms with Gasteiger partial charge in [0.25, 0.3) is 0 Å². The highest BCUT2D eigenvalue weighted by atomic mass is 128. The zero-order chi connectivity index (χ0) is 31.1. The van der Waals surface area contributed by atoms with Gasteiger partial charge in [-0.05, 0) is 59.7 Å². The van der Waals surface area contributed by atoms with Crippen molar-refractivity contribution in [3.05, 3.63) is 157 Å². The molecule has 0 saturated carbocycles. The molecule has 0 aliphatic heterocycles. The zero-order valence-electron chi connectivity index (χ0n) is 23.4. The van der Waals surface area contributed by atoms with Crippen LogP contribution >= 0.6 is 52.7 Å². The molecule has 5 aromatic carbocycles. The highest BCUT2D eigenvalue weighted by Crippen LogP contribution is 2.46. The normalized spacial score (nSPS) is 10.8. The summed E-state index contributed by atoms with van der Waals surface area (Å²) in [7, 11) is -7.63. The maximum atomic E-state index is 13.8. The van der Waals surface area contributed by atoms with Crippen molar-refractivity contribution >= 4 is 52.7 Å². The van der Waals surface area contributed by atoms with E-state index in [9.17, 15) is 9.13 Å². The van der Waals surface area contributed by atoms with E-state index < -0.39 is 15.5 Å². The molecule has 45 heavy (non-hydrogen) atoms. The van der Waals surface area contributed by atoms with Crippen LogP contribution in [0.3, 0.4) is 0 Å². The van der Waals surface area contributed by atoms with Crippen LogP contribution in [0, 0.1) is 0 Å². The van der Waals surface area contributed by atoms with Crippen molar-refractivity contribution in [2.75, 3.05) is 0 Å². The van der Waals surface area contributed by atoms with Gasteiger partial charge in [-0.25, -0.2) is 9.13 Å². The van der Waals surface area contributed by atoms with Crippen LogP contribution in [0.2, 0.25) is 0 Å². The standard InChI is InChI=1S/C32H30N2O6P2.CH4.I2/c35-41(37-29-16-5-1-6-17-29,38-30-18-7-2-8-19-30)33-25-27-14-13-15-28(24-27)26-34-42(36,39-31-20-9-3-10-21-31)40-32-22-11-4-12-23-32;;1-2/h1-24H,25-26H2,(H,33,35)(H,34,36);1H4;. The molecule has 0 unspecified atom stereocenters. The van der Waals surface area contributed by atoms with Crippen molar-refractivity contribution in [1.29, 1.82) is 0 Å². The first kappa shape index (κ1) is 36.6. The average molecular weight is 870 g/mol. The van der Waals surface area contributed by atoms with Crippen LogP contribution in [0.1, 0.15) is 18.6 Å². The quantitative estimate of drug-likeness (QED) is 0.0842. The van der Waals surface area contributed by atoms with E-state index in [4.69, 9.17) is 18.1 Å². The third-order valence-electron chi connectivity index (χ3n) is 5.82. The van der Waals surface area contributed by atoms with Gasteiger partial charge in [0.1, 0.15) is 23.0 Å². The predicted molar refractivity (Wildman–Crippen MR) is 198 cm³/mol. The Bertz CT molecular complexity index is 1440. The molecule has 0 spiro atoms. The molecular weight excluding hydrogens is 836 g/mol. The van der Waals surface area contributed by atoms with Gasteiger partial charge in [-0.15, -0.1) is 0 Å². The fraction of sp³-hybridized carbons (Fsp3) is 0.0909. The van der Waals surface area contributed by atoms with Crippen molar-refractivity contribution in [3.63, 3.8) is 0 Å². The number of halogens is 2. The summed E-state index contributed by atoms with van der Waals surface area (Å²) >= 11 is 4.24. The molecule has 5 aromatic rings. The summed E-state index contributed by atoms with van der Waals surface area (Å²) in [6.45, 7) is 0.368. The van der Waals surface area contributed by atoms with Crippen LogP contribution in [0.5, 0.6) is 23.0 Å². The summed E-state index contributed by atoms with van der Waals surface area (Å²) in [5.41, 5.74) is 1.62. The fourth-order valence-electron chi connectivity index (χ4n) is 3.87. The molecular formula is C33H34I2N2O6P2. The first-order valence-corrected chi connectivity index (χ1v) is 22.8. The Kier molecular flexibility index (Phi) is 15.4. The van der Waals surface area contributed by atoms with E-state index in [1.807, 2.05) is 48.5 Å². The van der Waals surface area contributed by atoms with Crippen molar-refractivity contribution in [3.8, 4) is 23.0 Å². The second-order valence-corrected chi connectivity index (χ2v) is 12.5.